The van der Waals surface area contributed by atoms with Crippen LogP contribution in [0.1, 0.15) is 22.7 Å². The molecule has 6 nitrogen and oxygen atoms in total. The Labute approximate surface area is 150 Å². The SMILES string of the molecule is Oc1ccc(O)c(CN=NC(c2ccccc2)c2cc(O)ccc2O)c1. The Morgan fingerprint density at radius 2 is 1.38 bits per heavy atom. The molecule has 4 N–H and O–H groups in total. The summed E-state index contributed by atoms with van der Waals surface area (Å²) in [6, 6.07) is 17.0. The first-order valence-corrected chi connectivity index (χ1v) is 7.99. The highest BCUT2D eigenvalue weighted by Gasteiger charge is 2.18. The van der Waals surface area contributed by atoms with Gasteiger partial charge in [0.1, 0.15) is 29.0 Å². The lowest BCUT2D eigenvalue weighted by atomic mass is 9.98. The number of benzene rings is 3. The van der Waals surface area contributed by atoms with Crippen molar-refractivity contribution in [2.24, 2.45) is 10.2 Å². The molecule has 1 unspecified atom stereocenters. The Morgan fingerprint density at radius 1 is 0.731 bits per heavy atom. The van der Waals surface area contributed by atoms with E-state index in [1.807, 2.05) is 30.3 Å². The van der Waals surface area contributed by atoms with Crippen LogP contribution < -0.4 is 0 Å². The Morgan fingerprint density at radius 3 is 2.12 bits per heavy atom. The maximum Gasteiger partial charge on any atom is 0.124 e. The first-order valence-electron chi connectivity index (χ1n) is 7.99. The van der Waals surface area contributed by atoms with Crippen LogP contribution in [0.15, 0.2) is 77.0 Å². The Balaban J connectivity index is 1.94. The minimum atomic E-state index is -0.622. The van der Waals surface area contributed by atoms with E-state index in [1.54, 1.807) is 0 Å². The van der Waals surface area contributed by atoms with Gasteiger partial charge in [-0.1, -0.05) is 30.3 Å². The number of phenolic OH excluding ortho intramolecular Hbond substituents is 4. The van der Waals surface area contributed by atoms with Gasteiger partial charge in [-0.15, -0.1) is 0 Å². The lowest BCUT2D eigenvalue weighted by Crippen LogP contribution is -1.98. The van der Waals surface area contributed by atoms with Gasteiger partial charge in [-0.2, -0.15) is 10.2 Å². The molecule has 0 fully saturated rings. The third-order valence-corrected chi connectivity index (χ3v) is 3.92. The molecule has 0 bridgehead atoms. The molecular formula is C20H18N2O4. The second-order valence-electron chi connectivity index (χ2n) is 5.78. The van der Waals surface area contributed by atoms with E-state index in [0.717, 1.165) is 5.56 Å². The van der Waals surface area contributed by atoms with Crippen molar-refractivity contribution in [3.63, 3.8) is 0 Å². The number of rotatable bonds is 5. The maximum absolute atomic E-state index is 10.2. The highest BCUT2D eigenvalue weighted by atomic mass is 16.3. The molecule has 0 saturated carbocycles. The molecule has 0 aliphatic rings. The van der Waals surface area contributed by atoms with Gasteiger partial charge in [-0.05, 0) is 42.0 Å². The molecule has 0 heterocycles. The van der Waals surface area contributed by atoms with Gasteiger partial charge in [0.05, 0.1) is 6.54 Å². The zero-order chi connectivity index (χ0) is 18.5. The highest BCUT2D eigenvalue weighted by Crippen LogP contribution is 2.35. The third kappa shape index (κ3) is 3.92. The van der Waals surface area contributed by atoms with Gasteiger partial charge in [0, 0.05) is 11.1 Å². The smallest absolute Gasteiger partial charge is 0.124 e. The highest BCUT2D eigenvalue weighted by molar-refractivity contribution is 5.45. The third-order valence-electron chi connectivity index (χ3n) is 3.92. The van der Waals surface area contributed by atoms with Crippen LogP contribution in [0.4, 0.5) is 0 Å². The molecule has 3 aromatic rings. The van der Waals surface area contributed by atoms with Crippen molar-refractivity contribution in [2.75, 3.05) is 0 Å². The summed E-state index contributed by atoms with van der Waals surface area (Å²) in [7, 11) is 0. The number of hydrogen-bond acceptors (Lipinski definition) is 6. The summed E-state index contributed by atoms with van der Waals surface area (Å²) in [5.74, 6) is 0.0480. The van der Waals surface area contributed by atoms with E-state index < -0.39 is 6.04 Å². The lowest BCUT2D eigenvalue weighted by molar-refractivity contribution is 0.449. The van der Waals surface area contributed by atoms with E-state index >= 15 is 0 Å². The van der Waals surface area contributed by atoms with Gasteiger partial charge in [-0.25, -0.2) is 0 Å². The second-order valence-corrected chi connectivity index (χ2v) is 5.78. The molecule has 3 rings (SSSR count). The predicted octanol–water partition coefficient (Wildman–Crippen LogP) is 4.25. The Hall–Kier alpha value is -3.54. The molecule has 0 aliphatic carbocycles. The van der Waals surface area contributed by atoms with Crippen molar-refractivity contribution < 1.29 is 20.4 Å². The van der Waals surface area contributed by atoms with Crippen LogP contribution in [-0.4, -0.2) is 20.4 Å². The van der Waals surface area contributed by atoms with E-state index in [4.69, 9.17) is 0 Å². The minimum absolute atomic E-state index is 0.00388. The van der Waals surface area contributed by atoms with E-state index in [1.165, 1.54) is 36.4 Å². The zero-order valence-corrected chi connectivity index (χ0v) is 13.8. The number of azo groups is 1. The average molecular weight is 350 g/mol. The quantitative estimate of drug-likeness (QED) is 0.408. The van der Waals surface area contributed by atoms with Crippen molar-refractivity contribution >= 4 is 0 Å². The van der Waals surface area contributed by atoms with Gasteiger partial charge in [-0.3, -0.25) is 0 Å². The molecule has 0 spiro atoms. The Kier molecular flexibility index (Phi) is 5.03. The topological polar surface area (TPSA) is 106 Å². The summed E-state index contributed by atoms with van der Waals surface area (Å²) in [6.07, 6.45) is 0. The molecule has 0 amide bonds. The van der Waals surface area contributed by atoms with Gasteiger partial charge in [0.15, 0.2) is 0 Å². The molecule has 1 atom stereocenters. The van der Waals surface area contributed by atoms with Crippen molar-refractivity contribution in [1.82, 2.24) is 0 Å². The zero-order valence-electron chi connectivity index (χ0n) is 13.8. The van der Waals surface area contributed by atoms with E-state index in [0.29, 0.717) is 11.1 Å². The number of aromatic hydroxyl groups is 4. The summed E-state index contributed by atoms with van der Waals surface area (Å²) in [5, 5.41) is 47.7. The summed E-state index contributed by atoms with van der Waals surface area (Å²) < 4.78 is 0. The first-order chi connectivity index (χ1) is 12.5. The normalized spacial score (nSPS) is 12.3. The maximum atomic E-state index is 10.2. The molecule has 0 radical (unpaired) electrons. The van der Waals surface area contributed by atoms with Gasteiger partial charge in [0.25, 0.3) is 0 Å². The Bertz CT molecular complexity index is 926. The van der Waals surface area contributed by atoms with Crippen molar-refractivity contribution in [1.29, 1.82) is 0 Å². The monoisotopic (exact) mass is 350 g/mol. The first kappa shape index (κ1) is 17.3. The molecular weight excluding hydrogens is 332 g/mol. The van der Waals surface area contributed by atoms with Gasteiger partial charge < -0.3 is 20.4 Å². The summed E-state index contributed by atoms with van der Waals surface area (Å²) >= 11 is 0. The van der Waals surface area contributed by atoms with E-state index in [9.17, 15) is 20.4 Å². The summed E-state index contributed by atoms with van der Waals surface area (Å²) in [5.41, 5.74) is 1.64. The fourth-order valence-electron chi connectivity index (χ4n) is 2.60. The van der Waals surface area contributed by atoms with Crippen LogP contribution in [0.3, 0.4) is 0 Å². The molecule has 0 saturated heterocycles. The molecule has 6 heteroatoms. The predicted molar refractivity (Wildman–Crippen MR) is 96.4 cm³/mol. The standard InChI is InChI=1S/C20H18N2O4/c23-15-6-8-18(25)14(10-15)12-21-22-20(13-4-2-1-3-5-13)17-11-16(24)7-9-19(17)26/h1-11,20,23-26H,12H2. The van der Waals surface area contributed by atoms with Crippen molar-refractivity contribution in [2.45, 2.75) is 12.6 Å². The van der Waals surface area contributed by atoms with Crippen LogP contribution >= 0.6 is 0 Å². The molecule has 26 heavy (non-hydrogen) atoms. The number of nitrogens with zero attached hydrogens (tertiary/aromatic N) is 2. The molecule has 0 aliphatic heterocycles. The largest absolute Gasteiger partial charge is 0.508 e. The lowest BCUT2D eigenvalue weighted by Gasteiger charge is -2.14. The molecule has 3 aromatic carbocycles. The van der Waals surface area contributed by atoms with Crippen LogP contribution in [0.5, 0.6) is 23.0 Å². The van der Waals surface area contributed by atoms with E-state index in [-0.39, 0.29) is 29.5 Å². The van der Waals surface area contributed by atoms with Crippen LogP contribution in [0.2, 0.25) is 0 Å². The second kappa shape index (κ2) is 7.57. The van der Waals surface area contributed by atoms with Crippen LogP contribution in [-0.2, 0) is 6.54 Å². The fraction of sp³-hybridized carbons (Fsp3) is 0.100. The van der Waals surface area contributed by atoms with E-state index in [2.05, 4.69) is 10.2 Å². The van der Waals surface area contributed by atoms with Crippen LogP contribution in [0.25, 0.3) is 0 Å². The van der Waals surface area contributed by atoms with Crippen LogP contribution in [0, 0.1) is 0 Å². The van der Waals surface area contributed by atoms with Crippen molar-refractivity contribution in [3.8, 4) is 23.0 Å². The average Bonchev–Trinajstić information content (AvgIpc) is 2.64. The number of phenols is 4. The van der Waals surface area contributed by atoms with Crippen molar-refractivity contribution in [3.05, 3.63) is 83.4 Å². The number of hydrogen-bond donors (Lipinski definition) is 4. The minimum Gasteiger partial charge on any atom is -0.508 e. The van der Waals surface area contributed by atoms with Gasteiger partial charge in [0.2, 0.25) is 0 Å². The fourth-order valence-corrected chi connectivity index (χ4v) is 2.60. The summed E-state index contributed by atoms with van der Waals surface area (Å²) in [4.78, 5) is 0. The summed E-state index contributed by atoms with van der Waals surface area (Å²) in [6.45, 7) is 0.0587. The molecule has 0 aromatic heterocycles. The molecule has 132 valence electrons. The van der Waals surface area contributed by atoms with Gasteiger partial charge >= 0.3 is 0 Å².